The Balaban J connectivity index is 2.37. The van der Waals surface area contributed by atoms with E-state index >= 15 is 0 Å². The third-order valence-corrected chi connectivity index (χ3v) is 5.52. The van der Waals surface area contributed by atoms with Crippen LogP contribution in [-0.2, 0) is 11.3 Å². The predicted molar refractivity (Wildman–Crippen MR) is 132 cm³/mol. The van der Waals surface area contributed by atoms with Crippen LogP contribution in [0.1, 0.15) is 46.2 Å². The largest absolute Gasteiger partial charge is 0.497 e. The van der Waals surface area contributed by atoms with E-state index in [1.807, 2.05) is 70.8 Å². The van der Waals surface area contributed by atoms with Gasteiger partial charge in [-0.25, -0.2) is 4.79 Å². The van der Waals surface area contributed by atoms with Crippen LogP contribution in [-0.4, -0.2) is 47.6 Å². The molecule has 182 valence electrons. The Bertz CT molecular complexity index is 1060. The first-order valence-corrected chi connectivity index (χ1v) is 11.2. The van der Waals surface area contributed by atoms with Crippen molar-refractivity contribution in [3.05, 3.63) is 50.7 Å². The summed E-state index contributed by atoms with van der Waals surface area (Å²) in [5, 5.41) is 0. The van der Waals surface area contributed by atoms with Crippen LogP contribution < -0.4 is 26.6 Å². The highest BCUT2D eigenvalue weighted by molar-refractivity contribution is 5.96. The van der Waals surface area contributed by atoms with Gasteiger partial charge < -0.3 is 15.4 Å². The second-order valence-electron chi connectivity index (χ2n) is 9.26. The molecule has 1 aromatic heterocycles. The number of nitrogens with two attached hydrogens (primary N) is 1. The Kier molecular flexibility index (Phi) is 8.87. The van der Waals surface area contributed by atoms with Gasteiger partial charge in [0.25, 0.3) is 5.56 Å². The second kappa shape index (κ2) is 11.2. The number of methoxy groups -OCH3 is 1. The number of likely N-dealkylation sites (N-methyl/N-ethyl adjacent to an activating group) is 1. The maximum absolute atomic E-state index is 13.4. The van der Waals surface area contributed by atoms with Gasteiger partial charge >= 0.3 is 5.69 Å². The summed E-state index contributed by atoms with van der Waals surface area (Å²) in [4.78, 5) is 44.2. The van der Waals surface area contributed by atoms with E-state index in [0.29, 0.717) is 13.1 Å². The summed E-state index contributed by atoms with van der Waals surface area (Å²) in [7, 11) is 3.47. The van der Waals surface area contributed by atoms with Crippen molar-refractivity contribution in [3.8, 4) is 5.75 Å². The number of benzene rings is 1. The first kappa shape index (κ1) is 26.2. The number of amides is 1. The van der Waals surface area contributed by atoms with E-state index in [0.717, 1.165) is 11.3 Å². The molecule has 33 heavy (non-hydrogen) atoms. The summed E-state index contributed by atoms with van der Waals surface area (Å²) in [5.41, 5.74) is 6.11. The molecule has 9 nitrogen and oxygen atoms in total. The summed E-state index contributed by atoms with van der Waals surface area (Å²) < 4.78 is 6.54. The van der Waals surface area contributed by atoms with Crippen molar-refractivity contribution in [1.82, 2.24) is 14.5 Å². The molecule has 1 heterocycles. The summed E-state index contributed by atoms with van der Waals surface area (Å²) in [6.07, 6.45) is 0. The van der Waals surface area contributed by atoms with Crippen LogP contribution in [0.5, 0.6) is 5.75 Å². The maximum Gasteiger partial charge on any atom is 0.330 e. The Labute approximate surface area is 195 Å². The lowest BCUT2D eigenvalue weighted by molar-refractivity contribution is -0.120. The number of hydrogen-bond acceptors (Lipinski definition) is 6. The number of carbonyl (C=O) groups excluding carboxylic acids is 1. The van der Waals surface area contributed by atoms with E-state index in [-0.39, 0.29) is 41.8 Å². The number of aromatic amines is 1. The number of aromatic nitrogens is 2. The van der Waals surface area contributed by atoms with Crippen LogP contribution in [0.3, 0.4) is 0 Å². The molecule has 0 saturated carbocycles. The van der Waals surface area contributed by atoms with E-state index < -0.39 is 11.2 Å². The van der Waals surface area contributed by atoms with Crippen LogP contribution in [0.25, 0.3) is 0 Å². The summed E-state index contributed by atoms with van der Waals surface area (Å²) in [5.74, 6) is 0.729. The molecule has 2 aromatic rings. The number of nitrogen functional groups attached to an aromatic ring is 1. The minimum atomic E-state index is -0.655. The highest BCUT2D eigenvalue weighted by Crippen LogP contribution is 2.23. The lowest BCUT2D eigenvalue weighted by Gasteiger charge is -2.30. The van der Waals surface area contributed by atoms with Gasteiger partial charge in [0.05, 0.1) is 13.7 Å². The van der Waals surface area contributed by atoms with Gasteiger partial charge in [0.15, 0.2) is 5.69 Å². The zero-order valence-corrected chi connectivity index (χ0v) is 20.7. The molecule has 0 saturated heterocycles. The maximum atomic E-state index is 13.4. The molecule has 0 fully saturated rings. The quantitative estimate of drug-likeness (QED) is 0.564. The zero-order valence-electron chi connectivity index (χ0n) is 20.7. The Hall–Kier alpha value is -3.07. The molecule has 0 aliphatic heterocycles. The number of rotatable bonds is 10. The zero-order chi connectivity index (χ0) is 24.9. The Morgan fingerprint density at radius 3 is 2.21 bits per heavy atom. The number of H-pyrrole nitrogens is 1. The average Bonchev–Trinajstić information content (AvgIpc) is 2.74. The number of hydrogen-bond donors (Lipinski definition) is 2. The standard InChI is InChI=1S/C24H37N5O4/c1-15(2)12-28(21-22(25)29(13-16(3)4)24(32)26-23(21)31)20(30)14-27(6)17(5)18-8-10-19(33-7)11-9-18/h8-11,15-17H,12-14,25H2,1-7H3,(H,26,31,32). The number of nitrogens with zero attached hydrogens (tertiary/aromatic N) is 3. The molecular weight excluding hydrogens is 422 g/mol. The topological polar surface area (TPSA) is 114 Å². The van der Waals surface area contributed by atoms with Crippen LogP contribution in [0.15, 0.2) is 33.9 Å². The molecule has 1 aromatic carbocycles. The first-order valence-electron chi connectivity index (χ1n) is 11.2. The summed E-state index contributed by atoms with van der Waals surface area (Å²) in [6.45, 7) is 10.5. The fraction of sp³-hybridized carbons (Fsp3) is 0.542. The van der Waals surface area contributed by atoms with Crippen molar-refractivity contribution in [2.45, 2.75) is 47.2 Å². The van der Waals surface area contributed by atoms with Gasteiger partial charge in [-0.1, -0.05) is 39.8 Å². The molecule has 9 heteroatoms. The van der Waals surface area contributed by atoms with Gasteiger partial charge in [-0.2, -0.15) is 0 Å². The number of carbonyl (C=O) groups is 1. The molecule has 3 N–H and O–H groups in total. The lowest BCUT2D eigenvalue weighted by Crippen LogP contribution is -2.46. The lowest BCUT2D eigenvalue weighted by atomic mass is 10.1. The van der Waals surface area contributed by atoms with E-state index in [2.05, 4.69) is 4.98 Å². The molecule has 0 aliphatic carbocycles. The van der Waals surface area contributed by atoms with Gasteiger partial charge in [0, 0.05) is 19.1 Å². The van der Waals surface area contributed by atoms with E-state index in [1.165, 1.54) is 9.47 Å². The van der Waals surface area contributed by atoms with Crippen molar-refractivity contribution in [1.29, 1.82) is 0 Å². The van der Waals surface area contributed by atoms with Crippen molar-refractivity contribution in [3.63, 3.8) is 0 Å². The summed E-state index contributed by atoms with van der Waals surface area (Å²) >= 11 is 0. The molecule has 0 aliphatic rings. The SMILES string of the molecule is COc1ccc(C(C)N(C)CC(=O)N(CC(C)C)c2c(N)n(CC(C)C)c(=O)[nH]c2=O)cc1. The van der Waals surface area contributed by atoms with E-state index in [1.54, 1.807) is 7.11 Å². The first-order chi connectivity index (χ1) is 15.5. The molecule has 1 unspecified atom stereocenters. The van der Waals surface area contributed by atoms with Gasteiger partial charge in [0.1, 0.15) is 11.6 Å². The van der Waals surface area contributed by atoms with Gasteiger partial charge in [-0.15, -0.1) is 0 Å². The third kappa shape index (κ3) is 6.47. The van der Waals surface area contributed by atoms with Gasteiger partial charge in [-0.05, 0) is 43.5 Å². The van der Waals surface area contributed by atoms with Crippen LogP contribution in [0.4, 0.5) is 11.5 Å². The van der Waals surface area contributed by atoms with Crippen LogP contribution in [0.2, 0.25) is 0 Å². The molecule has 0 radical (unpaired) electrons. The Morgan fingerprint density at radius 2 is 1.70 bits per heavy atom. The van der Waals surface area contributed by atoms with Crippen molar-refractivity contribution in [2.75, 3.05) is 37.9 Å². The highest BCUT2D eigenvalue weighted by Gasteiger charge is 2.27. The third-order valence-electron chi connectivity index (χ3n) is 5.52. The molecule has 2 rings (SSSR count). The van der Waals surface area contributed by atoms with E-state index in [9.17, 15) is 14.4 Å². The van der Waals surface area contributed by atoms with Crippen molar-refractivity contribution >= 4 is 17.4 Å². The van der Waals surface area contributed by atoms with Crippen LogP contribution in [0, 0.1) is 11.8 Å². The molecule has 0 bridgehead atoms. The molecular formula is C24H37N5O4. The number of anilines is 2. The van der Waals surface area contributed by atoms with Gasteiger partial charge in [-0.3, -0.25) is 24.0 Å². The normalized spacial score (nSPS) is 12.4. The van der Waals surface area contributed by atoms with E-state index in [4.69, 9.17) is 10.5 Å². The molecule has 1 atom stereocenters. The van der Waals surface area contributed by atoms with Crippen molar-refractivity contribution in [2.24, 2.45) is 11.8 Å². The predicted octanol–water partition coefficient (Wildman–Crippen LogP) is 2.47. The second-order valence-corrected chi connectivity index (χ2v) is 9.26. The minimum absolute atomic E-state index is 0.0114. The number of nitrogens with one attached hydrogen (secondary N) is 1. The molecule has 0 spiro atoms. The monoisotopic (exact) mass is 459 g/mol. The summed E-state index contributed by atoms with van der Waals surface area (Å²) in [6, 6.07) is 7.63. The minimum Gasteiger partial charge on any atom is -0.497 e. The molecule has 1 amide bonds. The number of ether oxygens (including phenoxy) is 1. The fourth-order valence-electron chi connectivity index (χ4n) is 3.64. The smallest absolute Gasteiger partial charge is 0.330 e. The average molecular weight is 460 g/mol. The Morgan fingerprint density at radius 1 is 1.09 bits per heavy atom. The van der Waals surface area contributed by atoms with Gasteiger partial charge in [0.2, 0.25) is 5.91 Å². The van der Waals surface area contributed by atoms with Crippen molar-refractivity contribution < 1.29 is 9.53 Å². The van der Waals surface area contributed by atoms with Crippen LogP contribution >= 0.6 is 0 Å². The highest BCUT2D eigenvalue weighted by atomic mass is 16.5. The fourth-order valence-corrected chi connectivity index (χ4v) is 3.64.